The van der Waals surface area contributed by atoms with Gasteiger partial charge in [0.05, 0.1) is 133 Å². The molecule has 0 atom stereocenters. The van der Waals surface area contributed by atoms with Gasteiger partial charge in [0.25, 0.3) is 6.47 Å². The molecule has 32 nitrogen and oxygen atoms in total. The van der Waals surface area contributed by atoms with Crippen LogP contribution in [0, 0.1) is 0 Å². The minimum atomic E-state index is -0.434. The highest BCUT2D eigenvalue weighted by Crippen LogP contribution is 2.03. The Morgan fingerprint density at radius 2 is 0.523 bits per heavy atom. The number of hydrogen-bond donors (Lipinski definition) is 0. The van der Waals surface area contributed by atoms with Gasteiger partial charge < -0.3 is 75.8 Å². The Kier molecular flexibility index (Phi) is 64.6. The van der Waals surface area contributed by atoms with Gasteiger partial charge >= 0.3 is 65.7 Å². The quantitative estimate of drug-likeness (QED) is 0.0334. The molecule has 0 aliphatic heterocycles. The van der Waals surface area contributed by atoms with Gasteiger partial charge in [0.15, 0.2) is 0 Å². The average Bonchev–Trinajstić information content (AvgIpc) is 3.55. The molecule has 0 spiro atoms. The highest BCUT2D eigenvalue weighted by Gasteiger charge is 2.16. The highest BCUT2D eigenvalue weighted by atomic mass is 16.6. The van der Waals surface area contributed by atoms with Crippen molar-refractivity contribution in [3.05, 3.63) is 0 Å². The van der Waals surface area contributed by atoms with Crippen LogP contribution in [0.15, 0.2) is 0 Å². The monoisotopic (exact) mass is 1280 g/mol. The van der Waals surface area contributed by atoms with Gasteiger partial charge in [-0.05, 0) is 6.92 Å². The van der Waals surface area contributed by atoms with E-state index in [9.17, 15) is 57.5 Å². The fourth-order valence-electron chi connectivity index (χ4n) is 6.34. The van der Waals surface area contributed by atoms with E-state index in [1.165, 1.54) is 56.3 Å². The fourth-order valence-corrected chi connectivity index (χ4v) is 6.34. The summed E-state index contributed by atoms with van der Waals surface area (Å²) >= 11 is 0. The molecule has 0 radical (unpaired) electrons. The van der Waals surface area contributed by atoms with Gasteiger partial charge in [0.1, 0.15) is 39.6 Å². The fraction of sp³-hybridized carbons (Fsp3) is 0.786. The normalized spacial score (nSPS) is 10.4. The Morgan fingerprint density at radius 1 is 0.284 bits per heavy atom. The minimum absolute atomic E-state index is 0.00510. The summed E-state index contributed by atoms with van der Waals surface area (Å²) < 4.78 is 76.8. The van der Waals surface area contributed by atoms with Crippen LogP contribution < -0.4 is 0 Å². The molecular weight excluding hydrogens is 1180 g/mol. The number of rotatable bonds is 50. The van der Waals surface area contributed by atoms with E-state index < -0.39 is 23.9 Å². The molecule has 0 N–H and O–H groups in total. The molecule has 0 fully saturated rings. The number of carbonyl (C=O) groups excluding carboxylic acids is 12. The SMILES string of the molecule is CCOC(=O)CCN(CCOC)CCC(=O)OC.COC(=O)CCN(CCOCCOC(C)=O)CCC(=O)OC.COC(=O)CCN(CCOCCOC=O)CCC(=O)OC.COCCN(CCC(=O)OCCOC(C)=O)CCC(=O)OCCOC(C)=O. The Balaban J connectivity index is -0.000000540. The van der Waals surface area contributed by atoms with Crippen molar-refractivity contribution in [1.82, 2.24) is 19.6 Å². The molecule has 0 unspecified atom stereocenters. The van der Waals surface area contributed by atoms with Crippen LogP contribution in [0.3, 0.4) is 0 Å². The second-order valence-electron chi connectivity index (χ2n) is 17.7. The van der Waals surface area contributed by atoms with Gasteiger partial charge in [0.2, 0.25) is 0 Å². The van der Waals surface area contributed by atoms with Crippen LogP contribution in [0.4, 0.5) is 0 Å². The van der Waals surface area contributed by atoms with Crippen molar-refractivity contribution in [2.45, 2.75) is 79.1 Å². The van der Waals surface area contributed by atoms with Crippen LogP contribution in [0.25, 0.3) is 0 Å². The maximum atomic E-state index is 11.7. The minimum Gasteiger partial charge on any atom is -0.469 e. The van der Waals surface area contributed by atoms with Gasteiger partial charge in [-0.2, -0.15) is 0 Å². The van der Waals surface area contributed by atoms with Crippen LogP contribution in [-0.2, 0) is 133 Å². The van der Waals surface area contributed by atoms with Crippen LogP contribution in [-0.4, -0.2) is 306 Å². The van der Waals surface area contributed by atoms with Crippen molar-refractivity contribution < 1.29 is 133 Å². The van der Waals surface area contributed by atoms with Crippen molar-refractivity contribution in [2.24, 2.45) is 0 Å². The molecule has 0 saturated carbocycles. The Hall–Kier alpha value is -6.68. The smallest absolute Gasteiger partial charge is 0.307 e. The van der Waals surface area contributed by atoms with Crippen LogP contribution in [0.2, 0.25) is 0 Å². The summed E-state index contributed by atoms with van der Waals surface area (Å²) in [5.74, 6) is -3.77. The Bertz CT molecular complexity index is 1800. The van der Waals surface area contributed by atoms with Crippen LogP contribution in [0.1, 0.15) is 79.1 Å². The first-order valence-electron chi connectivity index (χ1n) is 28.4. The molecule has 0 aliphatic carbocycles. The highest BCUT2D eigenvalue weighted by molar-refractivity contribution is 5.72. The third-order valence-electron chi connectivity index (χ3n) is 11.1. The second-order valence-corrected chi connectivity index (χ2v) is 17.7. The van der Waals surface area contributed by atoms with Crippen molar-refractivity contribution in [3.63, 3.8) is 0 Å². The second kappa shape index (κ2) is 64.8. The first-order chi connectivity index (χ1) is 42.1. The number of hydrogen-bond acceptors (Lipinski definition) is 32. The largest absolute Gasteiger partial charge is 0.469 e. The van der Waals surface area contributed by atoms with E-state index in [4.69, 9.17) is 37.9 Å². The predicted octanol–water partition coefficient (Wildman–Crippen LogP) is -0.0228. The number of carbonyl (C=O) groups is 12. The van der Waals surface area contributed by atoms with E-state index in [1.54, 1.807) is 21.1 Å². The number of nitrogens with zero attached hydrogens (tertiary/aromatic N) is 4. The molecular formula is C56H100N4O28. The molecule has 512 valence electrons. The number of esters is 11. The summed E-state index contributed by atoms with van der Waals surface area (Å²) in [5, 5.41) is 0. The topological polar surface area (TPSA) is 365 Å². The molecule has 0 aromatic rings. The van der Waals surface area contributed by atoms with E-state index in [0.717, 1.165) is 0 Å². The molecule has 0 aromatic heterocycles. The number of methoxy groups -OCH3 is 7. The van der Waals surface area contributed by atoms with Crippen molar-refractivity contribution >= 4 is 72.1 Å². The lowest BCUT2D eigenvalue weighted by atomic mass is 10.3. The zero-order valence-electron chi connectivity index (χ0n) is 53.6. The lowest BCUT2D eigenvalue weighted by molar-refractivity contribution is -0.151. The zero-order chi connectivity index (χ0) is 67.0. The van der Waals surface area contributed by atoms with Gasteiger partial charge in [-0.1, -0.05) is 0 Å². The van der Waals surface area contributed by atoms with Crippen molar-refractivity contribution in [2.75, 3.05) is 214 Å². The summed E-state index contributed by atoms with van der Waals surface area (Å²) in [6.07, 6.45) is 1.85. The van der Waals surface area contributed by atoms with Crippen LogP contribution >= 0.6 is 0 Å². The first-order valence-corrected chi connectivity index (χ1v) is 28.4. The molecule has 32 heteroatoms. The van der Waals surface area contributed by atoms with Gasteiger partial charge in [-0.25, -0.2) is 0 Å². The Morgan fingerprint density at radius 3 is 0.773 bits per heavy atom. The third-order valence-corrected chi connectivity index (χ3v) is 11.1. The zero-order valence-corrected chi connectivity index (χ0v) is 53.6. The third kappa shape index (κ3) is 66.8. The molecule has 0 bridgehead atoms. The standard InChI is InChI=1S/C17H29NO9.C14H25NO7.C13H23NO7.C12H23NO5/c1-14(19)24-10-12-26-16(21)4-6-18(8-9-23-3)7-5-17(22)27-13-11-25-15(2)20;1-12(16)22-11-10-21-9-8-15(6-4-13(17)19-2)7-5-14(18)20-3;1-18-12(16)3-5-14(6-4-13(17)19-2)7-8-20-9-10-21-11-15;1-4-18-12(15)6-8-13(9-10-16-2)7-5-11(14)17-3/h4-13H2,1-3H3;4-11H2,1-3H3;11H,3-10H2,1-2H3;4-10H2,1-3H3. The molecule has 0 aromatic carbocycles. The van der Waals surface area contributed by atoms with Crippen molar-refractivity contribution in [1.29, 1.82) is 0 Å². The summed E-state index contributed by atoms with van der Waals surface area (Å²) in [5.41, 5.74) is 0. The molecule has 0 aliphatic rings. The van der Waals surface area contributed by atoms with E-state index >= 15 is 0 Å². The van der Waals surface area contributed by atoms with E-state index in [2.05, 4.69) is 37.9 Å². The van der Waals surface area contributed by atoms with Crippen LogP contribution in [0.5, 0.6) is 0 Å². The van der Waals surface area contributed by atoms with E-state index in [-0.39, 0.29) is 120 Å². The van der Waals surface area contributed by atoms with Crippen molar-refractivity contribution in [3.8, 4) is 0 Å². The Labute approximate surface area is 517 Å². The molecule has 0 heterocycles. The van der Waals surface area contributed by atoms with Gasteiger partial charge in [-0.3, -0.25) is 77.1 Å². The maximum Gasteiger partial charge on any atom is 0.307 e. The maximum absolute atomic E-state index is 11.7. The predicted molar refractivity (Wildman–Crippen MR) is 309 cm³/mol. The van der Waals surface area contributed by atoms with Gasteiger partial charge in [-0.15, -0.1) is 0 Å². The molecule has 0 saturated heterocycles. The number of ether oxygens (including phenoxy) is 16. The summed E-state index contributed by atoms with van der Waals surface area (Å²) in [6, 6.07) is 0. The molecule has 0 rings (SSSR count). The lowest BCUT2D eigenvalue weighted by Crippen LogP contribution is -2.32. The lowest BCUT2D eigenvalue weighted by Gasteiger charge is -2.21. The first kappa shape index (κ1) is 87.8. The summed E-state index contributed by atoms with van der Waals surface area (Å²) in [6.45, 7) is 15.4. The summed E-state index contributed by atoms with van der Waals surface area (Å²) in [4.78, 5) is 140. The molecule has 0 amide bonds. The average molecular weight is 1280 g/mol. The van der Waals surface area contributed by atoms with E-state index in [0.29, 0.717) is 144 Å². The summed E-state index contributed by atoms with van der Waals surface area (Å²) in [7, 11) is 9.86. The van der Waals surface area contributed by atoms with Gasteiger partial charge in [0, 0.05) is 114 Å². The van der Waals surface area contributed by atoms with E-state index in [1.807, 2.05) is 19.6 Å². The molecule has 88 heavy (non-hydrogen) atoms.